The molecule has 5 heteroatoms. The van der Waals surface area contributed by atoms with Crippen molar-refractivity contribution in [2.75, 3.05) is 12.5 Å². The van der Waals surface area contributed by atoms with Crippen molar-refractivity contribution in [1.29, 1.82) is 0 Å². The summed E-state index contributed by atoms with van der Waals surface area (Å²) in [6.07, 6.45) is 6.44. The number of rotatable bonds is 7. The van der Waals surface area contributed by atoms with Crippen LogP contribution in [-0.2, 0) is 4.12 Å². The van der Waals surface area contributed by atoms with E-state index in [0.29, 0.717) is 22.4 Å². The highest BCUT2D eigenvalue weighted by molar-refractivity contribution is 6.87. The summed E-state index contributed by atoms with van der Waals surface area (Å²) in [5.74, 6) is 0.707. The van der Waals surface area contributed by atoms with Crippen LogP contribution < -0.4 is 0 Å². The number of hydrogen-bond donors (Lipinski definition) is 1. The Kier molecular flexibility index (Phi) is 12.9. The van der Waals surface area contributed by atoms with E-state index < -0.39 is 16.6 Å². The zero-order valence-electron chi connectivity index (χ0n) is 18.4. The molecule has 0 aromatic carbocycles. The number of unbranched alkanes of at least 4 members (excludes halogenated alkanes) is 1. The van der Waals surface area contributed by atoms with Crippen LogP contribution in [0.4, 0.5) is 0 Å². The third-order valence-corrected chi connectivity index (χ3v) is 16.7. The number of alkyl halides is 1. The van der Waals surface area contributed by atoms with Gasteiger partial charge < -0.3 is 9.22 Å². The number of hydrogen-bond acceptors (Lipinski definition) is 2. The zero-order valence-corrected chi connectivity index (χ0v) is 21.2. The first-order chi connectivity index (χ1) is 11.1. The molecule has 0 amide bonds. The lowest BCUT2D eigenvalue weighted by molar-refractivity contribution is 0.302. The monoisotopic (exact) mass is 406 g/mol. The Morgan fingerprint density at radius 2 is 1.28 bits per heavy atom. The Hall–Kier alpha value is 0.164. The Bertz CT molecular complexity index is 388. The highest BCUT2D eigenvalue weighted by Gasteiger charge is 2.46. The van der Waals surface area contributed by atoms with E-state index in [1.54, 1.807) is 0 Å². The van der Waals surface area contributed by atoms with Gasteiger partial charge in [-0.15, -0.1) is 17.3 Å². The highest BCUT2D eigenvalue weighted by Crippen LogP contribution is 2.44. The lowest BCUT2D eigenvalue weighted by Crippen LogP contribution is -2.53. The fraction of sp³-hybridized carbons (Fsp3) is 0.850. The Morgan fingerprint density at radius 1 is 0.880 bits per heavy atom. The van der Waals surface area contributed by atoms with Gasteiger partial charge in [-0.1, -0.05) is 41.5 Å². The zero-order chi connectivity index (χ0) is 20.4. The van der Waals surface area contributed by atoms with Crippen LogP contribution in [0, 0.1) is 0 Å². The van der Waals surface area contributed by atoms with E-state index in [-0.39, 0.29) is 6.61 Å². The van der Waals surface area contributed by atoms with Crippen molar-refractivity contribution in [3.63, 3.8) is 0 Å². The number of aliphatic hydroxyl groups is 1. The third kappa shape index (κ3) is 12.2. The molecule has 0 fully saturated rings. The molecule has 0 aliphatic rings. The second-order valence-electron chi connectivity index (χ2n) is 9.54. The van der Waals surface area contributed by atoms with Gasteiger partial charge in [0.05, 0.1) is 0 Å². The van der Waals surface area contributed by atoms with Gasteiger partial charge in [0.1, 0.15) is 0 Å². The molecule has 0 heterocycles. The smallest absolute Gasteiger partial charge is 0.178 e. The SMILES string of the molecule is CC(C)(C)[Si](C)(C)O[Si](C)(C)C(C)(C)C.OCCC=C=CCCCCl. The molecule has 0 saturated heterocycles. The van der Waals surface area contributed by atoms with Gasteiger partial charge in [-0.05, 0) is 67.7 Å². The largest absolute Gasteiger partial charge is 0.455 e. The third-order valence-electron chi connectivity index (χ3n) is 5.11. The molecule has 0 aromatic heterocycles. The average Bonchev–Trinajstić information content (AvgIpc) is 2.40. The van der Waals surface area contributed by atoms with E-state index in [2.05, 4.69) is 73.5 Å². The van der Waals surface area contributed by atoms with Crippen LogP contribution in [-0.4, -0.2) is 34.2 Å². The van der Waals surface area contributed by atoms with Gasteiger partial charge in [-0.25, -0.2) is 0 Å². The Labute approximate surface area is 165 Å². The average molecular weight is 407 g/mol. The first-order valence-electron chi connectivity index (χ1n) is 9.39. The molecule has 2 nitrogen and oxygen atoms in total. The minimum atomic E-state index is -1.59. The van der Waals surface area contributed by atoms with Gasteiger partial charge in [0, 0.05) is 12.5 Å². The van der Waals surface area contributed by atoms with Crippen LogP contribution in [0.3, 0.4) is 0 Å². The van der Waals surface area contributed by atoms with Crippen molar-refractivity contribution in [3.05, 3.63) is 17.9 Å². The minimum Gasteiger partial charge on any atom is -0.455 e. The van der Waals surface area contributed by atoms with E-state index in [4.69, 9.17) is 20.8 Å². The van der Waals surface area contributed by atoms with Crippen molar-refractivity contribution in [1.82, 2.24) is 0 Å². The standard InChI is InChI=1S/C12H30OSi2.C8H13ClO/c1-11(2,3)14(7,8)13-15(9,10)12(4,5)6;9-7-5-3-1-2-4-6-8-10/h1-10H3;1,4,10H,3,5-8H2. The first kappa shape index (κ1) is 27.4. The number of aliphatic hydroxyl groups excluding tert-OH is 1. The molecule has 150 valence electrons. The summed E-state index contributed by atoms with van der Waals surface area (Å²) < 4.78 is 6.63. The summed E-state index contributed by atoms with van der Waals surface area (Å²) >= 11 is 5.44. The van der Waals surface area contributed by atoms with Crippen LogP contribution in [0.1, 0.15) is 60.8 Å². The molecule has 1 N–H and O–H groups in total. The fourth-order valence-electron chi connectivity index (χ4n) is 1.44. The molecule has 0 spiro atoms. The molecule has 0 atom stereocenters. The molecular weight excluding hydrogens is 364 g/mol. The summed E-state index contributed by atoms with van der Waals surface area (Å²) in [5.41, 5.74) is 2.95. The molecule has 0 aliphatic heterocycles. The molecular formula is C20H43ClO2Si2. The van der Waals surface area contributed by atoms with Gasteiger partial charge >= 0.3 is 0 Å². The van der Waals surface area contributed by atoms with Crippen molar-refractivity contribution in [2.45, 2.75) is 97.1 Å². The number of halogens is 1. The van der Waals surface area contributed by atoms with Crippen LogP contribution >= 0.6 is 11.6 Å². The predicted molar refractivity (Wildman–Crippen MR) is 120 cm³/mol. The van der Waals surface area contributed by atoms with Crippen molar-refractivity contribution >= 4 is 28.2 Å². The van der Waals surface area contributed by atoms with Crippen LogP contribution in [0.15, 0.2) is 17.9 Å². The summed E-state index contributed by atoms with van der Waals surface area (Å²) in [6, 6.07) is 0. The van der Waals surface area contributed by atoms with Crippen LogP contribution in [0.2, 0.25) is 36.3 Å². The fourth-order valence-corrected chi connectivity index (χ4v) is 9.14. The molecule has 25 heavy (non-hydrogen) atoms. The first-order valence-corrected chi connectivity index (χ1v) is 15.7. The molecule has 0 saturated carbocycles. The lowest BCUT2D eigenvalue weighted by Gasteiger charge is -2.47. The maximum Gasteiger partial charge on any atom is 0.178 e. The summed E-state index contributed by atoms with van der Waals surface area (Å²) in [7, 11) is -3.18. The second-order valence-corrected chi connectivity index (χ2v) is 19.8. The molecule has 0 unspecified atom stereocenters. The van der Waals surface area contributed by atoms with Gasteiger partial charge in [-0.3, -0.25) is 0 Å². The van der Waals surface area contributed by atoms with Gasteiger partial charge in [-0.2, -0.15) is 0 Å². The van der Waals surface area contributed by atoms with Crippen molar-refractivity contribution < 1.29 is 9.22 Å². The lowest BCUT2D eigenvalue weighted by atomic mass is 10.2. The van der Waals surface area contributed by atoms with E-state index in [0.717, 1.165) is 12.8 Å². The Morgan fingerprint density at radius 3 is 1.60 bits per heavy atom. The van der Waals surface area contributed by atoms with Crippen molar-refractivity contribution in [3.8, 4) is 0 Å². The quantitative estimate of drug-likeness (QED) is 0.211. The highest BCUT2D eigenvalue weighted by atomic mass is 35.5. The maximum absolute atomic E-state index is 8.36. The van der Waals surface area contributed by atoms with Crippen LogP contribution in [0.25, 0.3) is 0 Å². The normalized spacial score (nSPS) is 12.8. The second kappa shape index (κ2) is 11.8. The minimum absolute atomic E-state index is 0.205. The molecule has 0 rings (SSSR count). The van der Waals surface area contributed by atoms with Gasteiger partial charge in [0.25, 0.3) is 0 Å². The molecule has 0 bridgehead atoms. The van der Waals surface area contributed by atoms with E-state index in [9.17, 15) is 0 Å². The Balaban J connectivity index is 0. The predicted octanol–water partition coefficient (Wildman–Crippen LogP) is 7.11. The molecule has 0 radical (unpaired) electrons. The van der Waals surface area contributed by atoms with Gasteiger partial charge in [0.2, 0.25) is 0 Å². The van der Waals surface area contributed by atoms with E-state index >= 15 is 0 Å². The van der Waals surface area contributed by atoms with Crippen LogP contribution in [0.5, 0.6) is 0 Å². The van der Waals surface area contributed by atoms with E-state index in [1.165, 1.54) is 0 Å². The van der Waals surface area contributed by atoms with E-state index in [1.807, 2.05) is 12.2 Å². The van der Waals surface area contributed by atoms with Gasteiger partial charge in [0.15, 0.2) is 16.6 Å². The maximum atomic E-state index is 8.36. The molecule has 0 aliphatic carbocycles. The topological polar surface area (TPSA) is 29.5 Å². The van der Waals surface area contributed by atoms with Crippen molar-refractivity contribution in [2.24, 2.45) is 0 Å². The summed E-state index contributed by atoms with van der Waals surface area (Å²) in [6.45, 7) is 23.5. The summed E-state index contributed by atoms with van der Waals surface area (Å²) in [5, 5.41) is 9.01. The summed E-state index contributed by atoms with van der Waals surface area (Å²) in [4.78, 5) is 0. The molecule has 0 aromatic rings.